The van der Waals surface area contributed by atoms with Crippen LogP contribution in [0.3, 0.4) is 0 Å². The molecule has 0 radical (unpaired) electrons. The summed E-state index contributed by atoms with van der Waals surface area (Å²) in [4.78, 5) is 39.6. The van der Waals surface area contributed by atoms with E-state index >= 15 is 0 Å². The number of hydrogen-bond donors (Lipinski definition) is 3. The minimum atomic E-state index is -0.696. The minimum absolute atomic E-state index is 0.0995. The Hall–Kier alpha value is -4.93. The van der Waals surface area contributed by atoms with Crippen molar-refractivity contribution < 1.29 is 33.3 Å². The lowest BCUT2D eigenvalue weighted by Crippen LogP contribution is -2.45. The minimum Gasteiger partial charge on any atom is -0.493 e. The van der Waals surface area contributed by atoms with Gasteiger partial charge in [0.05, 0.1) is 46.7 Å². The summed E-state index contributed by atoms with van der Waals surface area (Å²) in [5, 5.41) is 9.19. The monoisotopic (exact) mass is 647 g/mol. The van der Waals surface area contributed by atoms with Crippen LogP contribution in [0, 0.1) is 5.92 Å². The van der Waals surface area contributed by atoms with E-state index in [-0.39, 0.29) is 42.0 Å². The van der Waals surface area contributed by atoms with Crippen molar-refractivity contribution in [2.75, 3.05) is 46.9 Å². The molecule has 11 nitrogen and oxygen atoms in total. The molecule has 4 rings (SSSR count). The van der Waals surface area contributed by atoms with Gasteiger partial charge >= 0.3 is 0 Å². The molecule has 11 heteroatoms. The lowest BCUT2D eigenvalue weighted by molar-refractivity contribution is -0.123. The molecule has 0 fully saturated rings. The number of aryl methyl sites for hydroxylation is 1. The van der Waals surface area contributed by atoms with Crippen LogP contribution in [0.4, 0.5) is 5.69 Å². The van der Waals surface area contributed by atoms with Gasteiger partial charge in [-0.1, -0.05) is 38.5 Å². The van der Waals surface area contributed by atoms with Crippen LogP contribution in [0.1, 0.15) is 50.8 Å². The first-order valence-electron chi connectivity index (χ1n) is 15.7. The standard InChI is InChI=1S/C36H45N3O8/c1-8-21(2)33(36(42)37-17-18-47-30-12-10-9-11-29(30)43-4)39-27-16-14-24-25(20-28(27)41)26(38-22(3)40)15-13-23-19-31(44-5)34(45-6)35(46-7)32(23)24/h9-12,14,16,19-21,26,33H,8,13,15,17-18H2,1-7H3,(H,37,42)(H,38,40)(H,39,41). The van der Waals surface area contributed by atoms with Crippen molar-refractivity contribution in [3.8, 4) is 39.9 Å². The van der Waals surface area contributed by atoms with E-state index in [1.807, 2.05) is 38.1 Å². The first-order chi connectivity index (χ1) is 22.7. The lowest BCUT2D eigenvalue weighted by atomic mass is 9.95. The smallest absolute Gasteiger partial charge is 0.242 e. The molecule has 3 unspecified atom stereocenters. The molecule has 0 saturated heterocycles. The van der Waals surface area contributed by atoms with E-state index in [9.17, 15) is 14.4 Å². The Morgan fingerprint density at radius 2 is 1.62 bits per heavy atom. The number of fused-ring (bicyclic) bond motifs is 3. The second-order valence-electron chi connectivity index (χ2n) is 11.4. The first kappa shape index (κ1) is 34.9. The Morgan fingerprint density at radius 3 is 2.26 bits per heavy atom. The Morgan fingerprint density at radius 1 is 0.915 bits per heavy atom. The molecular formula is C36H45N3O8. The van der Waals surface area contributed by atoms with Gasteiger partial charge in [0.1, 0.15) is 12.6 Å². The quantitative estimate of drug-likeness (QED) is 0.209. The molecule has 3 aromatic carbocycles. The molecule has 0 bridgehead atoms. The molecule has 3 atom stereocenters. The van der Waals surface area contributed by atoms with Crippen LogP contribution in [0.5, 0.6) is 28.7 Å². The molecule has 252 valence electrons. The average molecular weight is 648 g/mol. The molecule has 3 aromatic rings. The molecule has 2 amide bonds. The summed E-state index contributed by atoms with van der Waals surface area (Å²) in [6, 6.07) is 13.1. The Balaban J connectivity index is 1.69. The molecule has 0 aromatic heterocycles. The SMILES string of the molecule is CCC(C)C(Nc1ccc2c(cc1=O)C(NC(C)=O)CCc1cc(OC)c(OC)c(OC)c1-2)C(=O)NCCOc1ccccc1OC. The highest BCUT2D eigenvalue weighted by molar-refractivity contribution is 5.86. The number of methoxy groups -OCH3 is 4. The zero-order valence-corrected chi connectivity index (χ0v) is 28.2. The van der Waals surface area contributed by atoms with E-state index in [2.05, 4.69) is 16.0 Å². The summed E-state index contributed by atoms with van der Waals surface area (Å²) < 4.78 is 28.3. The van der Waals surface area contributed by atoms with Gasteiger partial charge in [0, 0.05) is 12.5 Å². The predicted molar refractivity (Wildman–Crippen MR) is 181 cm³/mol. The maximum Gasteiger partial charge on any atom is 0.242 e. The van der Waals surface area contributed by atoms with E-state index in [1.54, 1.807) is 39.5 Å². The van der Waals surface area contributed by atoms with Gasteiger partial charge in [0.25, 0.3) is 0 Å². The van der Waals surface area contributed by atoms with E-state index in [0.29, 0.717) is 59.1 Å². The number of carbonyl (C=O) groups excluding carboxylic acids is 2. The number of benzene rings is 2. The highest BCUT2D eigenvalue weighted by Crippen LogP contribution is 2.50. The predicted octanol–water partition coefficient (Wildman–Crippen LogP) is 4.89. The fourth-order valence-electron chi connectivity index (χ4n) is 5.88. The Bertz CT molecular complexity index is 1640. The second kappa shape index (κ2) is 16.1. The van der Waals surface area contributed by atoms with E-state index in [1.165, 1.54) is 20.1 Å². The van der Waals surface area contributed by atoms with E-state index < -0.39 is 12.1 Å². The number of rotatable bonds is 14. The third kappa shape index (κ3) is 7.90. The number of para-hydroxylation sites is 2. The average Bonchev–Trinajstić information content (AvgIpc) is 3.32. The fraction of sp³-hybridized carbons (Fsp3) is 0.417. The largest absolute Gasteiger partial charge is 0.493 e. The van der Waals surface area contributed by atoms with Gasteiger partial charge in [-0.3, -0.25) is 14.4 Å². The fourth-order valence-corrected chi connectivity index (χ4v) is 5.88. The number of hydrogen-bond acceptors (Lipinski definition) is 9. The normalized spacial score (nSPS) is 14.7. The number of nitrogens with one attached hydrogen (secondary N) is 3. The summed E-state index contributed by atoms with van der Waals surface area (Å²) in [6.07, 6.45) is 1.83. The molecule has 0 saturated carbocycles. The molecule has 47 heavy (non-hydrogen) atoms. The highest BCUT2D eigenvalue weighted by Gasteiger charge is 2.30. The van der Waals surface area contributed by atoms with Crippen LogP contribution in [0.2, 0.25) is 0 Å². The van der Waals surface area contributed by atoms with Crippen molar-refractivity contribution in [1.82, 2.24) is 10.6 Å². The topological polar surface area (TPSA) is 133 Å². The van der Waals surface area contributed by atoms with Crippen LogP contribution in [0.15, 0.2) is 53.3 Å². The third-order valence-electron chi connectivity index (χ3n) is 8.45. The molecule has 0 spiro atoms. The van der Waals surface area contributed by atoms with Crippen molar-refractivity contribution in [1.29, 1.82) is 0 Å². The van der Waals surface area contributed by atoms with Gasteiger partial charge in [0.2, 0.25) is 23.0 Å². The number of anilines is 1. The van der Waals surface area contributed by atoms with Crippen LogP contribution in [-0.2, 0) is 16.0 Å². The summed E-state index contributed by atoms with van der Waals surface area (Å²) in [7, 11) is 6.23. The van der Waals surface area contributed by atoms with Crippen molar-refractivity contribution in [2.24, 2.45) is 5.92 Å². The maximum atomic E-state index is 13.9. The molecule has 0 heterocycles. The van der Waals surface area contributed by atoms with Crippen LogP contribution >= 0.6 is 0 Å². The van der Waals surface area contributed by atoms with Gasteiger partial charge in [-0.15, -0.1) is 0 Å². The number of amides is 2. The first-order valence-corrected chi connectivity index (χ1v) is 15.7. The summed E-state index contributed by atoms with van der Waals surface area (Å²) >= 11 is 0. The van der Waals surface area contributed by atoms with E-state index in [4.69, 9.17) is 23.7 Å². The van der Waals surface area contributed by atoms with Gasteiger partial charge in [-0.25, -0.2) is 0 Å². The highest BCUT2D eigenvalue weighted by atomic mass is 16.5. The van der Waals surface area contributed by atoms with Crippen LogP contribution < -0.4 is 45.1 Å². The molecular weight excluding hydrogens is 602 g/mol. The third-order valence-corrected chi connectivity index (χ3v) is 8.45. The van der Waals surface area contributed by atoms with Crippen molar-refractivity contribution in [3.63, 3.8) is 0 Å². The molecule has 0 aliphatic heterocycles. The Kier molecular flexibility index (Phi) is 11.9. The van der Waals surface area contributed by atoms with Gasteiger partial charge in [-0.05, 0) is 65.8 Å². The van der Waals surface area contributed by atoms with Crippen molar-refractivity contribution in [2.45, 2.75) is 52.1 Å². The van der Waals surface area contributed by atoms with Crippen LogP contribution in [0.25, 0.3) is 11.1 Å². The van der Waals surface area contributed by atoms with Gasteiger partial charge < -0.3 is 39.6 Å². The summed E-state index contributed by atoms with van der Waals surface area (Å²) in [5.74, 6) is 2.03. The number of carbonyl (C=O) groups is 2. The van der Waals surface area contributed by atoms with Crippen molar-refractivity contribution in [3.05, 3.63) is 69.9 Å². The zero-order valence-electron chi connectivity index (χ0n) is 28.2. The van der Waals surface area contributed by atoms with Crippen LogP contribution in [-0.4, -0.2) is 59.4 Å². The van der Waals surface area contributed by atoms with Gasteiger partial charge in [-0.2, -0.15) is 0 Å². The lowest BCUT2D eigenvalue weighted by Gasteiger charge is -2.24. The van der Waals surface area contributed by atoms with Crippen molar-refractivity contribution >= 4 is 17.5 Å². The summed E-state index contributed by atoms with van der Waals surface area (Å²) in [6.45, 7) is 5.89. The summed E-state index contributed by atoms with van der Waals surface area (Å²) in [5.41, 5.74) is 2.96. The zero-order chi connectivity index (χ0) is 34.1. The number of ether oxygens (including phenoxy) is 5. The molecule has 1 aliphatic carbocycles. The molecule has 1 aliphatic rings. The van der Waals surface area contributed by atoms with E-state index in [0.717, 1.165) is 11.1 Å². The van der Waals surface area contributed by atoms with Gasteiger partial charge in [0.15, 0.2) is 23.0 Å². The Labute approximate surface area is 275 Å². The maximum absolute atomic E-state index is 13.9. The molecule has 3 N–H and O–H groups in total. The second-order valence-corrected chi connectivity index (χ2v) is 11.4.